The van der Waals surface area contributed by atoms with E-state index < -0.39 is 27.6 Å². The van der Waals surface area contributed by atoms with E-state index in [1.807, 2.05) is 140 Å². The van der Waals surface area contributed by atoms with Gasteiger partial charge in [-0.05, 0) is 298 Å². The van der Waals surface area contributed by atoms with Gasteiger partial charge in [0.1, 0.15) is 34.5 Å². The number of alkyl halides is 3. The fourth-order valence-corrected chi connectivity index (χ4v) is 16.0. The summed E-state index contributed by atoms with van der Waals surface area (Å²) in [6, 6.07) is 97.7. The number of aliphatic carboxylic acids is 1. The molecule has 0 aromatic heterocycles. The minimum absolute atomic E-state index is 0.0255. The quantitative estimate of drug-likeness (QED) is 0.0102. The molecule has 0 fully saturated rings. The monoisotopic (exact) mass is 1890 g/mol. The molecule has 2 aliphatic rings. The number of esters is 2. The van der Waals surface area contributed by atoms with Crippen molar-refractivity contribution in [1.82, 2.24) is 0 Å². The number of fused-ring (bicyclic) bond motifs is 2. The number of nitrogens with one attached hydrogen (secondary N) is 3. The maximum atomic E-state index is 12.8. The van der Waals surface area contributed by atoms with Crippen LogP contribution in [0.3, 0.4) is 0 Å². The normalized spacial score (nSPS) is 12.9. The molecular formula is C114H122F3N5O15S. The molecule has 0 saturated heterocycles. The Balaban J connectivity index is 0.000000177. The van der Waals surface area contributed by atoms with Crippen LogP contribution >= 0.6 is 0 Å². The number of nitrogens with zero attached hydrogens (tertiary/aromatic N) is 2. The molecule has 138 heavy (non-hydrogen) atoms. The molecule has 15 rings (SSSR count). The Bertz CT molecular complexity index is 6240. The Morgan fingerprint density at radius 1 is 0.399 bits per heavy atom. The van der Waals surface area contributed by atoms with E-state index in [9.17, 15) is 51.0 Å². The zero-order chi connectivity index (χ0) is 98.9. The summed E-state index contributed by atoms with van der Waals surface area (Å²) in [6.45, 7) is 13.9. The number of hydrogen-bond acceptors (Lipinski definition) is 18. The lowest BCUT2D eigenvalue weighted by Crippen LogP contribution is -2.36. The fraction of sp³-hybridized carbons (Fsp3) is 0.246. The van der Waals surface area contributed by atoms with Crippen LogP contribution in [-0.2, 0) is 109 Å². The highest BCUT2D eigenvalue weighted by molar-refractivity contribution is 7.88. The number of rotatable bonds is 31. The standard InChI is InChI=1S/C28H26F3NO5S.C27H27NO3.C17H19NO2.C17H21NO.C16H19NO.C9H10O3/c1-3-19-6-11-23(12-7-19)32-17-16-22-18-24(37-38(34,35)28(29,30)31)13-14-25(22)27(32)21-9-4-20(5-10-21)8-15-26(33)36-2;1-3-19-6-11-23(12-7-19)28-17-16-22-18-24(29)13-14-25(22)27(28)21-9-4-20(5-10-21)8-15-26(30)31-2;1-3-13-7-9-15(10-8-13)18-17(19)12-14-5-4-6-16(11-14)20-2;1-3-14-7-9-16(10-8-14)18-12-11-15-5-4-6-17(13-15)19-2;1-2-13-6-8-15(9-7-13)17-11-10-14-4-3-5-16(18)12-14;1-12-8-4-2-3-7(5-8)6-9(10)11/h4-15,18,27H,3,16-17H2,1-2H3;4-15,18,27,29H,3,16-17H2,1-2H3;4-11H,3,12H2,1-2H3,(H,18,19);4-10,13,18H,3,11-12H2,1-2H3;3-9,12,17-18H,2,10-11H2,1H3;2-5H,6H2,1H3,(H,10,11)/b2*15-8+;;;;. The maximum absolute atomic E-state index is 12.8. The van der Waals surface area contributed by atoms with Gasteiger partial charge in [-0.15, -0.1) is 0 Å². The number of carbonyl (C=O) groups excluding carboxylic acids is 3. The summed E-state index contributed by atoms with van der Waals surface area (Å²) in [7, 11) is 1.77. The lowest BCUT2D eigenvalue weighted by Gasteiger charge is -2.39. The van der Waals surface area contributed by atoms with E-state index >= 15 is 0 Å². The lowest BCUT2D eigenvalue weighted by molar-refractivity contribution is -0.136. The average Bonchev–Trinajstić information content (AvgIpc) is 0.767. The summed E-state index contributed by atoms with van der Waals surface area (Å²) in [5.74, 6) is 0.937. The number of carbonyl (C=O) groups is 4. The van der Waals surface area contributed by atoms with Crippen molar-refractivity contribution < 1.29 is 84.0 Å². The lowest BCUT2D eigenvalue weighted by atomic mass is 9.87. The van der Waals surface area contributed by atoms with Gasteiger partial charge in [0.25, 0.3) is 0 Å². The molecule has 2 atom stereocenters. The van der Waals surface area contributed by atoms with Crippen LogP contribution < -0.4 is 44.1 Å². The molecule has 1 amide bonds. The molecule has 0 radical (unpaired) electrons. The predicted molar refractivity (Wildman–Crippen MR) is 545 cm³/mol. The van der Waals surface area contributed by atoms with Gasteiger partial charge in [0, 0.05) is 66.8 Å². The smallest absolute Gasteiger partial charge is 0.508 e. The molecule has 0 bridgehead atoms. The number of hydrogen-bond donors (Lipinski definition) is 6. The number of methoxy groups -OCH3 is 5. The number of ether oxygens (including phenoxy) is 5. The van der Waals surface area contributed by atoms with Gasteiger partial charge in [0.2, 0.25) is 5.91 Å². The van der Waals surface area contributed by atoms with Crippen molar-refractivity contribution in [3.63, 3.8) is 0 Å². The summed E-state index contributed by atoms with van der Waals surface area (Å²) in [4.78, 5) is 49.7. The summed E-state index contributed by atoms with van der Waals surface area (Å²) < 4.78 is 90.5. The van der Waals surface area contributed by atoms with Gasteiger partial charge < -0.3 is 68.9 Å². The molecule has 2 unspecified atom stereocenters. The van der Waals surface area contributed by atoms with Crippen molar-refractivity contribution in [1.29, 1.82) is 0 Å². The van der Waals surface area contributed by atoms with Gasteiger partial charge in [-0.3, -0.25) is 9.59 Å². The van der Waals surface area contributed by atoms with Crippen LogP contribution in [0.15, 0.2) is 315 Å². The topological polar surface area (TPSA) is 261 Å². The van der Waals surface area contributed by atoms with Gasteiger partial charge in [-0.2, -0.15) is 21.6 Å². The van der Waals surface area contributed by atoms with Gasteiger partial charge >= 0.3 is 33.5 Å². The number of amides is 1. The molecule has 20 nitrogen and oxygen atoms in total. The summed E-state index contributed by atoms with van der Waals surface area (Å²) in [6.07, 6.45) is 14.9. The minimum atomic E-state index is -5.77. The summed E-state index contributed by atoms with van der Waals surface area (Å²) >= 11 is 0. The number of halogens is 3. The van der Waals surface area contributed by atoms with Gasteiger partial charge in [-0.1, -0.05) is 204 Å². The first-order valence-corrected chi connectivity index (χ1v) is 47.4. The van der Waals surface area contributed by atoms with Gasteiger partial charge in [0.05, 0.1) is 60.5 Å². The molecule has 2 aliphatic heterocycles. The second-order valence-electron chi connectivity index (χ2n) is 32.5. The third-order valence-corrected chi connectivity index (χ3v) is 24.1. The largest absolute Gasteiger partial charge is 0.534 e. The zero-order valence-electron chi connectivity index (χ0n) is 79.6. The highest BCUT2D eigenvalue weighted by Crippen LogP contribution is 2.43. The summed E-state index contributed by atoms with van der Waals surface area (Å²) in [5, 5.41) is 37.6. The first kappa shape index (κ1) is 105. The number of carboxylic acid groups (broad SMARTS) is 1. The predicted octanol–water partition coefficient (Wildman–Crippen LogP) is 23.4. The summed E-state index contributed by atoms with van der Waals surface area (Å²) in [5.41, 5.74) is 18.2. The fourth-order valence-electron chi connectivity index (χ4n) is 15.5. The van der Waals surface area contributed by atoms with E-state index in [0.29, 0.717) is 42.2 Å². The molecule has 0 saturated carbocycles. The van der Waals surface area contributed by atoms with Gasteiger partial charge in [-0.25, -0.2) is 9.59 Å². The molecule has 0 aliphatic carbocycles. The van der Waals surface area contributed by atoms with Crippen LogP contribution in [0, 0.1) is 0 Å². The minimum Gasteiger partial charge on any atom is -0.508 e. The van der Waals surface area contributed by atoms with Crippen molar-refractivity contribution in [3.8, 4) is 34.5 Å². The average molecular weight is 1890 g/mol. The molecule has 6 N–H and O–H groups in total. The molecule has 0 spiro atoms. The first-order valence-electron chi connectivity index (χ1n) is 45.9. The van der Waals surface area contributed by atoms with E-state index in [1.165, 1.54) is 100.0 Å². The van der Waals surface area contributed by atoms with E-state index in [4.69, 9.17) is 19.3 Å². The molecule has 13 aromatic rings. The number of anilines is 5. The Labute approximate surface area is 808 Å². The van der Waals surface area contributed by atoms with Crippen LogP contribution in [0.25, 0.3) is 12.2 Å². The van der Waals surface area contributed by atoms with E-state index in [2.05, 4.69) is 183 Å². The number of benzene rings is 13. The number of phenols is 2. The Morgan fingerprint density at radius 3 is 1.15 bits per heavy atom. The van der Waals surface area contributed by atoms with Crippen LogP contribution in [-0.4, -0.2) is 115 Å². The Morgan fingerprint density at radius 2 is 0.761 bits per heavy atom. The first-order chi connectivity index (χ1) is 66.6. The number of aromatic hydroxyl groups is 2. The molecule has 2 heterocycles. The van der Waals surface area contributed by atoms with E-state index in [1.54, 1.807) is 75.9 Å². The van der Waals surface area contributed by atoms with E-state index in [0.717, 1.165) is 139 Å². The number of phenolic OH excluding ortho intramolecular Hbond substituents is 2. The van der Waals surface area contributed by atoms with Gasteiger partial charge in [0.15, 0.2) is 0 Å². The van der Waals surface area contributed by atoms with Crippen molar-refractivity contribution >= 4 is 74.5 Å². The van der Waals surface area contributed by atoms with E-state index in [-0.39, 0.29) is 36.1 Å². The maximum Gasteiger partial charge on any atom is 0.534 e. The zero-order valence-corrected chi connectivity index (χ0v) is 80.4. The highest BCUT2D eigenvalue weighted by Gasteiger charge is 2.49. The Kier molecular flexibility index (Phi) is 40.6. The third-order valence-electron chi connectivity index (χ3n) is 23.2. The van der Waals surface area contributed by atoms with Crippen LogP contribution in [0.5, 0.6) is 34.5 Å². The van der Waals surface area contributed by atoms with Crippen molar-refractivity contribution in [2.75, 3.05) is 87.5 Å². The van der Waals surface area contributed by atoms with Crippen LogP contribution in [0.4, 0.5) is 41.6 Å². The molecule has 24 heteroatoms. The van der Waals surface area contributed by atoms with Crippen LogP contribution in [0.1, 0.15) is 141 Å². The van der Waals surface area contributed by atoms with Crippen molar-refractivity contribution in [2.45, 2.75) is 123 Å². The Hall–Kier alpha value is -15.0. The van der Waals surface area contributed by atoms with Crippen molar-refractivity contribution in [3.05, 3.63) is 410 Å². The van der Waals surface area contributed by atoms with Crippen LogP contribution in [0.2, 0.25) is 0 Å². The second-order valence-corrected chi connectivity index (χ2v) is 34.1. The second kappa shape index (κ2) is 53.3. The van der Waals surface area contributed by atoms with Crippen molar-refractivity contribution in [2.24, 2.45) is 0 Å². The molecule has 13 aromatic carbocycles. The molecular weight excluding hydrogens is 1770 g/mol. The SMILES string of the molecule is CCc1ccc(N2CCc3cc(O)ccc3C2c2ccc(/C=C/C(=O)OC)cc2)cc1.CCc1ccc(N2CCc3cc(OS(=O)(=O)C(F)(F)F)ccc3C2c2ccc(/C=C/C(=O)OC)cc2)cc1.CCc1ccc(NC(=O)Cc2cccc(OC)c2)cc1.CCc1ccc(NCCc2cccc(O)c2)cc1.CCc1ccc(NCCc2cccc(OC)c2)cc1.COc1cccc(CC(=O)O)c1. The number of carboxylic acids is 1. The highest BCUT2D eigenvalue weighted by atomic mass is 32.2. The molecule has 720 valence electrons. The third kappa shape index (κ3) is 32.6. The number of aryl methyl sites for hydroxylation is 5.